The van der Waals surface area contributed by atoms with Gasteiger partial charge >= 0.3 is 5.97 Å². The Balaban J connectivity index is 1.87. The van der Waals surface area contributed by atoms with Gasteiger partial charge in [-0.1, -0.05) is 43.3 Å². The van der Waals surface area contributed by atoms with Crippen LogP contribution in [0.4, 0.5) is 0 Å². The Hall–Kier alpha value is -2.71. The van der Waals surface area contributed by atoms with E-state index in [1.807, 2.05) is 65.0 Å². The lowest BCUT2D eigenvalue weighted by molar-refractivity contribution is -0.164. The summed E-state index contributed by atoms with van der Waals surface area (Å²) in [6, 6.07) is 7.92. The molecule has 3 fully saturated rings. The van der Waals surface area contributed by atoms with E-state index in [9.17, 15) is 19.5 Å². The molecule has 0 aromatic heterocycles. The Kier molecular flexibility index (Phi) is 7.53. The van der Waals surface area contributed by atoms with Gasteiger partial charge in [0.05, 0.1) is 30.8 Å². The lowest BCUT2D eigenvalue weighted by Gasteiger charge is -2.43. The smallest absolute Gasteiger partial charge is 0.312 e. The van der Waals surface area contributed by atoms with Crippen molar-refractivity contribution >= 4 is 17.8 Å². The van der Waals surface area contributed by atoms with Crippen LogP contribution in [0.5, 0.6) is 0 Å². The van der Waals surface area contributed by atoms with Gasteiger partial charge in [0.1, 0.15) is 17.6 Å². The number of carbonyl (C=O) groups excluding carboxylic acids is 3. The molecule has 3 saturated heterocycles. The minimum absolute atomic E-state index is 0.0830. The summed E-state index contributed by atoms with van der Waals surface area (Å²) in [6.45, 7) is 15.4. The van der Waals surface area contributed by atoms with Gasteiger partial charge in [-0.2, -0.15) is 0 Å². The highest BCUT2D eigenvalue weighted by molar-refractivity contribution is 5.99. The maximum absolute atomic E-state index is 14.6. The van der Waals surface area contributed by atoms with Crippen molar-refractivity contribution in [3.8, 4) is 0 Å². The van der Waals surface area contributed by atoms with E-state index >= 15 is 0 Å². The fourth-order valence-electron chi connectivity index (χ4n) is 7.05. The molecule has 3 heterocycles. The predicted octanol–water partition coefficient (Wildman–Crippen LogP) is 2.98. The molecule has 1 aromatic carbocycles. The number of esters is 1. The van der Waals surface area contributed by atoms with E-state index in [1.54, 1.807) is 17.9 Å². The summed E-state index contributed by atoms with van der Waals surface area (Å²) in [4.78, 5) is 45.6. The Morgan fingerprint density at radius 3 is 2.53 bits per heavy atom. The van der Waals surface area contributed by atoms with Crippen LogP contribution in [-0.4, -0.2) is 81.3 Å². The number of aliphatic hydroxyl groups is 1. The van der Waals surface area contributed by atoms with Gasteiger partial charge in [-0.3, -0.25) is 14.4 Å². The van der Waals surface area contributed by atoms with Crippen molar-refractivity contribution in [1.29, 1.82) is 0 Å². The summed E-state index contributed by atoms with van der Waals surface area (Å²) >= 11 is 0. The van der Waals surface area contributed by atoms with Crippen molar-refractivity contribution in [3.63, 3.8) is 0 Å². The van der Waals surface area contributed by atoms with E-state index in [2.05, 4.69) is 6.58 Å². The van der Waals surface area contributed by atoms with Gasteiger partial charge in [0, 0.05) is 12.1 Å². The van der Waals surface area contributed by atoms with Crippen LogP contribution >= 0.6 is 0 Å². The van der Waals surface area contributed by atoms with Crippen LogP contribution in [-0.2, 0) is 30.3 Å². The van der Waals surface area contributed by atoms with Crippen LogP contribution in [0.2, 0.25) is 0 Å². The average molecular weight is 527 g/mol. The third-order valence-electron chi connectivity index (χ3n) is 8.83. The number of aliphatic hydroxyl groups excluding tert-OH is 1. The molecule has 1 N–H and O–H groups in total. The number of nitrogens with zero attached hydrogens (tertiary/aromatic N) is 2. The number of amides is 2. The third kappa shape index (κ3) is 4.26. The van der Waals surface area contributed by atoms with E-state index in [-0.39, 0.29) is 37.5 Å². The topological polar surface area (TPSA) is 96.4 Å². The zero-order chi connectivity index (χ0) is 28.0. The van der Waals surface area contributed by atoms with Gasteiger partial charge < -0.3 is 24.4 Å². The van der Waals surface area contributed by atoms with E-state index in [0.29, 0.717) is 12.8 Å². The van der Waals surface area contributed by atoms with Crippen LogP contribution in [0.25, 0.3) is 0 Å². The number of hydrogen-bond donors (Lipinski definition) is 1. The minimum Gasteiger partial charge on any atom is -0.466 e. The van der Waals surface area contributed by atoms with Crippen LogP contribution in [0.3, 0.4) is 0 Å². The number of fused-ring (bicyclic) bond motifs is 1. The summed E-state index contributed by atoms with van der Waals surface area (Å²) in [5, 5.41) is 10.6. The molecular formula is C30H42N2O6. The molecule has 3 aliphatic heterocycles. The summed E-state index contributed by atoms with van der Waals surface area (Å²) in [5.41, 5.74) is -1.76. The highest BCUT2D eigenvalue weighted by Gasteiger charge is 2.80. The highest BCUT2D eigenvalue weighted by atomic mass is 16.6. The number of benzene rings is 1. The quantitative estimate of drug-likeness (QED) is 0.393. The van der Waals surface area contributed by atoms with Crippen molar-refractivity contribution in [2.24, 2.45) is 17.8 Å². The van der Waals surface area contributed by atoms with Crippen molar-refractivity contribution in [3.05, 3.63) is 48.6 Å². The largest absolute Gasteiger partial charge is 0.466 e. The molecule has 2 bridgehead atoms. The molecule has 0 aliphatic carbocycles. The first-order chi connectivity index (χ1) is 17.9. The second-order valence-electron chi connectivity index (χ2n) is 12.1. The molecule has 8 nitrogen and oxygen atoms in total. The average Bonchev–Trinajstić information content (AvgIpc) is 3.37. The Morgan fingerprint density at radius 1 is 1.32 bits per heavy atom. The van der Waals surface area contributed by atoms with Crippen LogP contribution in [0.15, 0.2) is 43.0 Å². The molecule has 0 radical (unpaired) electrons. The lowest BCUT2D eigenvalue weighted by atomic mass is 9.62. The molecule has 2 amide bonds. The van der Waals surface area contributed by atoms with Crippen molar-refractivity contribution in [1.82, 2.24) is 9.80 Å². The monoisotopic (exact) mass is 526 g/mol. The zero-order valence-corrected chi connectivity index (χ0v) is 23.5. The third-order valence-corrected chi connectivity index (χ3v) is 8.83. The van der Waals surface area contributed by atoms with Crippen LogP contribution in [0.1, 0.15) is 53.5 Å². The van der Waals surface area contributed by atoms with Crippen molar-refractivity contribution in [2.45, 2.75) is 83.2 Å². The first-order valence-corrected chi connectivity index (χ1v) is 13.6. The number of hydrogen-bond acceptors (Lipinski definition) is 6. The number of rotatable bonds is 9. The van der Waals surface area contributed by atoms with Gasteiger partial charge in [0.15, 0.2) is 0 Å². The van der Waals surface area contributed by atoms with E-state index < -0.39 is 46.6 Å². The van der Waals surface area contributed by atoms with Gasteiger partial charge in [0.25, 0.3) is 0 Å². The summed E-state index contributed by atoms with van der Waals surface area (Å²) in [7, 11) is 0. The number of ether oxygens (including phenoxy) is 2. The second-order valence-corrected chi connectivity index (χ2v) is 12.1. The first kappa shape index (κ1) is 28.3. The maximum atomic E-state index is 14.6. The minimum atomic E-state index is -1.20. The van der Waals surface area contributed by atoms with Gasteiger partial charge in [-0.25, -0.2) is 0 Å². The predicted molar refractivity (Wildman–Crippen MR) is 143 cm³/mol. The number of carbonyl (C=O) groups is 3. The maximum Gasteiger partial charge on any atom is 0.312 e. The molecule has 3 unspecified atom stereocenters. The highest BCUT2D eigenvalue weighted by Crippen LogP contribution is 2.65. The second kappa shape index (κ2) is 10.1. The standard InChI is InChI=1S/C30H42N2O6/c1-8-15-31(28(4,5)6)26(35)24-30-17-19(3)29(7,38-30)23(27(36)37-9-2)22(30)25(34)32(24)21(18-33)16-20-13-11-10-12-14-20/h8,10-14,19,21-24,33H,1,9,15-18H2,2-7H3/t19?,21-,22+,23+,24?,29-,30?/m1/s1. The summed E-state index contributed by atoms with van der Waals surface area (Å²) < 4.78 is 12.2. The SMILES string of the molecule is C=CCN(C(=O)C1N([C@@H](CO)Cc2ccccc2)C(=O)[C@@H]2[C@@H](C(=O)OCC)[C@]3(C)OC12CC3C)C(C)(C)C. The zero-order valence-electron chi connectivity index (χ0n) is 23.5. The molecule has 7 atom stereocenters. The van der Waals surface area contributed by atoms with Gasteiger partial charge in [-0.05, 0) is 58.9 Å². The Morgan fingerprint density at radius 2 is 1.97 bits per heavy atom. The normalized spacial score (nSPS) is 32.7. The fourth-order valence-corrected chi connectivity index (χ4v) is 7.05. The summed E-state index contributed by atoms with van der Waals surface area (Å²) in [6.07, 6.45) is 2.49. The molecule has 4 rings (SSSR count). The van der Waals surface area contributed by atoms with Gasteiger partial charge in [0.2, 0.25) is 11.8 Å². The molecule has 0 saturated carbocycles. The first-order valence-electron chi connectivity index (χ1n) is 13.6. The van der Waals surface area contributed by atoms with Crippen molar-refractivity contribution < 1.29 is 29.0 Å². The molecule has 3 aliphatic rings. The fraction of sp³-hybridized carbons (Fsp3) is 0.633. The van der Waals surface area contributed by atoms with Gasteiger partial charge in [-0.15, -0.1) is 6.58 Å². The summed E-state index contributed by atoms with van der Waals surface area (Å²) in [5.74, 6) is -2.86. The van der Waals surface area contributed by atoms with E-state index in [0.717, 1.165) is 5.56 Å². The van der Waals surface area contributed by atoms with Crippen LogP contribution in [0, 0.1) is 17.8 Å². The van der Waals surface area contributed by atoms with E-state index in [4.69, 9.17) is 9.47 Å². The molecule has 38 heavy (non-hydrogen) atoms. The van der Waals surface area contributed by atoms with Crippen LogP contribution < -0.4 is 0 Å². The molecular weight excluding hydrogens is 484 g/mol. The molecule has 8 heteroatoms. The van der Waals surface area contributed by atoms with Crippen molar-refractivity contribution in [2.75, 3.05) is 19.8 Å². The lowest BCUT2D eigenvalue weighted by Crippen LogP contribution is -2.62. The molecule has 1 spiro atoms. The Labute approximate surface area is 226 Å². The Bertz CT molecular complexity index is 1080. The van der Waals surface area contributed by atoms with E-state index in [1.165, 1.54) is 4.90 Å². The number of likely N-dealkylation sites (tertiary alicyclic amines) is 1. The molecule has 208 valence electrons. The molecule has 1 aromatic rings.